The minimum absolute atomic E-state index is 0.0290. The van der Waals surface area contributed by atoms with Crippen molar-refractivity contribution < 1.29 is 28.4 Å². The zero-order valence-corrected chi connectivity index (χ0v) is 18.4. The highest BCUT2D eigenvalue weighted by atomic mass is 16.6. The smallest absolute Gasteiger partial charge is 0.410 e. The molecule has 1 aromatic rings. The second-order valence-corrected chi connectivity index (χ2v) is 8.39. The molecule has 1 fully saturated rings. The van der Waals surface area contributed by atoms with E-state index in [1.807, 2.05) is 39.8 Å². The van der Waals surface area contributed by atoms with E-state index in [0.717, 1.165) is 0 Å². The lowest BCUT2D eigenvalue weighted by molar-refractivity contribution is -0.0149. The predicted octanol–water partition coefficient (Wildman–Crippen LogP) is 1.06. The number of likely N-dealkylation sites (tertiary alicyclic amines) is 1. The van der Waals surface area contributed by atoms with E-state index in [9.17, 15) is 14.4 Å². The second-order valence-electron chi connectivity index (χ2n) is 8.39. The number of nitrogens with zero attached hydrogens (tertiary/aromatic N) is 3. The summed E-state index contributed by atoms with van der Waals surface area (Å²) < 4.78 is 15.4. The van der Waals surface area contributed by atoms with Gasteiger partial charge in [0, 0.05) is 44.7 Å². The quantitative estimate of drug-likeness (QED) is 0.664. The van der Waals surface area contributed by atoms with Crippen molar-refractivity contribution >= 4 is 18.1 Å². The first-order chi connectivity index (χ1) is 14.0. The third-order valence-corrected chi connectivity index (χ3v) is 4.59. The van der Waals surface area contributed by atoms with Crippen molar-refractivity contribution in [2.75, 3.05) is 40.8 Å². The highest BCUT2D eigenvalue weighted by molar-refractivity contribution is 5.91. The predicted molar refractivity (Wildman–Crippen MR) is 107 cm³/mol. The van der Waals surface area contributed by atoms with E-state index in [1.54, 1.807) is 4.90 Å². The van der Waals surface area contributed by atoms with Crippen LogP contribution in [0.15, 0.2) is 10.6 Å². The topological polar surface area (TPSA) is 126 Å². The van der Waals surface area contributed by atoms with Gasteiger partial charge in [0.1, 0.15) is 5.60 Å². The van der Waals surface area contributed by atoms with Gasteiger partial charge >= 0.3 is 12.2 Å². The molecule has 168 valence electrons. The molecule has 0 aliphatic carbocycles. The van der Waals surface area contributed by atoms with Gasteiger partial charge in [0.2, 0.25) is 0 Å². The lowest BCUT2D eigenvalue weighted by atomic mass is 9.91. The van der Waals surface area contributed by atoms with E-state index in [2.05, 4.69) is 15.8 Å². The van der Waals surface area contributed by atoms with Gasteiger partial charge < -0.3 is 34.4 Å². The maximum absolute atomic E-state index is 12.1. The number of carbonyl (C=O) groups excluding carboxylic acids is 3. The lowest BCUT2D eigenvalue weighted by Gasteiger charge is -2.45. The van der Waals surface area contributed by atoms with Gasteiger partial charge in [-0.3, -0.25) is 4.79 Å². The molecule has 0 bridgehead atoms. The molecular formula is C19H31N5O6. The number of nitrogens with one attached hydrogen (secondary N) is 2. The molecule has 1 aliphatic rings. The van der Waals surface area contributed by atoms with Crippen LogP contribution in [-0.4, -0.2) is 85.5 Å². The van der Waals surface area contributed by atoms with Gasteiger partial charge in [0.15, 0.2) is 18.1 Å². The Morgan fingerprint density at radius 3 is 2.57 bits per heavy atom. The van der Waals surface area contributed by atoms with Crippen molar-refractivity contribution in [2.24, 2.45) is 5.92 Å². The summed E-state index contributed by atoms with van der Waals surface area (Å²) in [6, 6.07) is 1.44. The summed E-state index contributed by atoms with van der Waals surface area (Å²) in [5.41, 5.74) is -0.414. The maximum atomic E-state index is 12.1. The fourth-order valence-corrected chi connectivity index (χ4v) is 2.99. The fourth-order valence-electron chi connectivity index (χ4n) is 2.99. The molecule has 0 saturated carbocycles. The summed E-state index contributed by atoms with van der Waals surface area (Å²) >= 11 is 0. The SMILES string of the molecule is CNC(=O)c1cc(COC(=O)NCC(C2CN(C(=O)OC(C)(C)C)C2)N(C)C)on1. The van der Waals surface area contributed by atoms with Crippen molar-refractivity contribution in [1.29, 1.82) is 0 Å². The Morgan fingerprint density at radius 2 is 2.00 bits per heavy atom. The summed E-state index contributed by atoms with van der Waals surface area (Å²) in [6.45, 7) is 6.84. The van der Waals surface area contributed by atoms with Crippen LogP contribution in [0.4, 0.5) is 9.59 Å². The molecular weight excluding hydrogens is 394 g/mol. The summed E-state index contributed by atoms with van der Waals surface area (Å²) in [6.07, 6.45) is -0.935. The van der Waals surface area contributed by atoms with Gasteiger partial charge in [-0.25, -0.2) is 9.59 Å². The van der Waals surface area contributed by atoms with Crippen LogP contribution in [0.2, 0.25) is 0 Å². The van der Waals surface area contributed by atoms with E-state index in [-0.39, 0.29) is 42.0 Å². The molecule has 2 N–H and O–H groups in total. The van der Waals surface area contributed by atoms with Gasteiger partial charge in [-0.05, 0) is 34.9 Å². The molecule has 0 radical (unpaired) electrons. The van der Waals surface area contributed by atoms with Gasteiger partial charge in [-0.15, -0.1) is 0 Å². The maximum Gasteiger partial charge on any atom is 0.410 e. The van der Waals surface area contributed by atoms with E-state index in [1.165, 1.54) is 13.1 Å². The van der Waals surface area contributed by atoms with Crippen molar-refractivity contribution in [3.8, 4) is 0 Å². The third kappa shape index (κ3) is 6.61. The Labute approximate surface area is 176 Å². The fraction of sp³-hybridized carbons (Fsp3) is 0.684. The molecule has 2 rings (SSSR count). The number of likely N-dealkylation sites (N-methyl/N-ethyl adjacent to an activating group) is 1. The highest BCUT2D eigenvalue weighted by Crippen LogP contribution is 2.24. The van der Waals surface area contributed by atoms with E-state index >= 15 is 0 Å². The van der Waals surface area contributed by atoms with Gasteiger partial charge in [-0.2, -0.15) is 0 Å². The molecule has 2 heterocycles. The third-order valence-electron chi connectivity index (χ3n) is 4.59. The standard InChI is InChI=1S/C19H31N5O6/c1-19(2,3)29-18(27)24-9-12(10-24)15(23(5)6)8-21-17(26)28-11-13-7-14(22-30-13)16(25)20-4/h7,12,15H,8-11H2,1-6H3,(H,20,25)(H,21,26). The number of aromatic nitrogens is 1. The lowest BCUT2D eigenvalue weighted by Crippen LogP contribution is -2.60. The Kier molecular flexibility index (Phi) is 7.65. The Balaban J connectivity index is 1.76. The molecule has 1 saturated heterocycles. The van der Waals surface area contributed by atoms with Crippen molar-refractivity contribution in [3.05, 3.63) is 17.5 Å². The first kappa shape index (κ1) is 23.5. The van der Waals surface area contributed by atoms with E-state index < -0.39 is 11.7 Å². The number of hydrogen-bond donors (Lipinski definition) is 2. The van der Waals surface area contributed by atoms with Crippen LogP contribution < -0.4 is 10.6 Å². The van der Waals surface area contributed by atoms with Crippen LogP contribution in [-0.2, 0) is 16.1 Å². The molecule has 30 heavy (non-hydrogen) atoms. The van der Waals surface area contributed by atoms with Gasteiger partial charge in [-0.1, -0.05) is 5.16 Å². The van der Waals surface area contributed by atoms with Crippen LogP contribution >= 0.6 is 0 Å². The highest BCUT2D eigenvalue weighted by Gasteiger charge is 2.39. The summed E-state index contributed by atoms with van der Waals surface area (Å²) in [5.74, 6) is 0.0845. The van der Waals surface area contributed by atoms with Gasteiger partial charge in [0.05, 0.1) is 0 Å². The van der Waals surface area contributed by atoms with Crippen LogP contribution in [0.3, 0.4) is 0 Å². The zero-order valence-electron chi connectivity index (χ0n) is 18.4. The van der Waals surface area contributed by atoms with Crippen molar-refractivity contribution in [1.82, 2.24) is 25.6 Å². The molecule has 1 aliphatic heterocycles. The molecule has 1 atom stereocenters. The zero-order chi connectivity index (χ0) is 22.5. The average Bonchev–Trinajstić information content (AvgIpc) is 3.07. The average molecular weight is 425 g/mol. The van der Waals surface area contributed by atoms with Crippen LogP contribution in [0.1, 0.15) is 37.0 Å². The molecule has 11 nitrogen and oxygen atoms in total. The Hall–Kier alpha value is -2.82. The number of hydrogen-bond acceptors (Lipinski definition) is 8. The monoisotopic (exact) mass is 425 g/mol. The molecule has 11 heteroatoms. The number of amides is 3. The minimum Gasteiger partial charge on any atom is -0.444 e. The second kappa shape index (κ2) is 9.79. The number of carbonyl (C=O) groups is 3. The minimum atomic E-state index is -0.608. The largest absolute Gasteiger partial charge is 0.444 e. The van der Waals surface area contributed by atoms with Crippen LogP contribution in [0.5, 0.6) is 0 Å². The summed E-state index contributed by atoms with van der Waals surface area (Å²) in [7, 11) is 5.32. The first-order valence-electron chi connectivity index (χ1n) is 9.72. The van der Waals surface area contributed by atoms with Crippen LogP contribution in [0.25, 0.3) is 0 Å². The number of alkyl carbamates (subject to hydrolysis) is 1. The summed E-state index contributed by atoms with van der Waals surface area (Å²) in [5, 5.41) is 8.75. The first-order valence-corrected chi connectivity index (χ1v) is 9.72. The molecule has 0 aromatic carbocycles. The van der Waals surface area contributed by atoms with E-state index in [0.29, 0.717) is 19.6 Å². The van der Waals surface area contributed by atoms with Crippen molar-refractivity contribution in [2.45, 2.75) is 39.0 Å². The number of ether oxygens (including phenoxy) is 2. The van der Waals surface area contributed by atoms with Gasteiger partial charge in [0.25, 0.3) is 5.91 Å². The van der Waals surface area contributed by atoms with E-state index in [4.69, 9.17) is 14.0 Å². The van der Waals surface area contributed by atoms with Crippen LogP contribution in [0, 0.1) is 5.92 Å². The molecule has 1 unspecified atom stereocenters. The number of rotatable bonds is 7. The summed E-state index contributed by atoms with van der Waals surface area (Å²) in [4.78, 5) is 39.2. The molecule has 1 aromatic heterocycles. The normalized spacial score (nSPS) is 15.4. The van der Waals surface area contributed by atoms with Crippen molar-refractivity contribution in [3.63, 3.8) is 0 Å². The molecule has 3 amide bonds. The molecule has 0 spiro atoms. The Bertz CT molecular complexity index is 751. The Morgan fingerprint density at radius 1 is 1.33 bits per heavy atom.